The molecule has 1 saturated carbocycles. The summed E-state index contributed by atoms with van der Waals surface area (Å²) in [4.78, 5) is 2.48. The Morgan fingerprint density at radius 2 is 1.74 bits per heavy atom. The van der Waals surface area contributed by atoms with E-state index in [4.69, 9.17) is 9.88 Å². The highest BCUT2D eigenvalue weighted by molar-refractivity contribution is 7.89. The Kier molecular flexibility index (Phi) is 5.21. The van der Waals surface area contributed by atoms with E-state index in [1.807, 2.05) is 12.1 Å². The van der Waals surface area contributed by atoms with Gasteiger partial charge in [0.05, 0.1) is 16.6 Å². The third-order valence-corrected chi connectivity index (χ3v) is 5.40. The molecule has 0 radical (unpaired) electrons. The molecule has 6 heteroatoms. The van der Waals surface area contributed by atoms with Crippen molar-refractivity contribution in [3.8, 4) is 0 Å². The van der Waals surface area contributed by atoms with Gasteiger partial charge >= 0.3 is 0 Å². The molecule has 0 spiro atoms. The van der Waals surface area contributed by atoms with Gasteiger partial charge in [-0.1, -0.05) is 12.1 Å². The Morgan fingerprint density at radius 1 is 1.22 bits per heavy atom. The number of nitrogens with zero attached hydrogens (tertiary/aromatic N) is 1. The van der Waals surface area contributed by atoms with Gasteiger partial charge in [0.25, 0.3) is 0 Å². The van der Waals surface area contributed by atoms with Crippen LogP contribution in [0.25, 0.3) is 0 Å². The molecule has 0 aromatic heterocycles. The predicted octanol–water partition coefficient (Wildman–Crippen LogP) is 2.67. The van der Waals surface area contributed by atoms with Gasteiger partial charge in [0, 0.05) is 12.1 Å². The number of sulfonamides is 1. The molecular weight excluding hydrogens is 312 g/mol. The number of nitrogens with two attached hydrogens (primary N) is 1. The summed E-state index contributed by atoms with van der Waals surface area (Å²) in [6.07, 6.45) is 2.40. The molecule has 5 nitrogen and oxygen atoms in total. The van der Waals surface area contributed by atoms with Gasteiger partial charge in [0.15, 0.2) is 0 Å². The largest absolute Gasteiger partial charge is 0.373 e. The van der Waals surface area contributed by atoms with Crippen molar-refractivity contribution >= 4 is 10.0 Å². The van der Waals surface area contributed by atoms with E-state index in [2.05, 4.69) is 39.6 Å². The molecule has 2 rings (SSSR count). The minimum atomic E-state index is -3.63. The molecule has 1 aromatic rings. The number of benzene rings is 1. The summed E-state index contributed by atoms with van der Waals surface area (Å²) in [6.45, 7) is 8.38. The van der Waals surface area contributed by atoms with Gasteiger partial charge in [-0.3, -0.25) is 4.90 Å². The van der Waals surface area contributed by atoms with E-state index in [9.17, 15) is 8.42 Å². The fourth-order valence-electron chi connectivity index (χ4n) is 2.95. The van der Waals surface area contributed by atoms with Crippen LogP contribution >= 0.6 is 0 Å². The minimum absolute atomic E-state index is 0.0939. The fraction of sp³-hybridized carbons (Fsp3) is 0.647. The van der Waals surface area contributed by atoms with Crippen molar-refractivity contribution in [2.24, 2.45) is 5.14 Å². The molecule has 1 aromatic carbocycles. The van der Waals surface area contributed by atoms with Gasteiger partial charge in [-0.25, -0.2) is 13.6 Å². The number of primary sulfonamides is 1. The van der Waals surface area contributed by atoms with E-state index < -0.39 is 10.0 Å². The van der Waals surface area contributed by atoms with Crippen molar-refractivity contribution in [2.45, 2.75) is 69.2 Å². The quantitative estimate of drug-likeness (QED) is 0.894. The third-order valence-electron chi connectivity index (χ3n) is 4.47. The zero-order chi connectivity index (χ0) is 17.4. The second-order valence-corrected chi connectivity index (χ2v) is 8.99. The molecule has 1 fully saturated rings. The lowest BCUT2D eigenvalue weighted by molar-refractivity contribution is -0.121. The SMILES string of the molecule is CC(c1ccc(S(N)(=O)=O)cc1)N(C)C1CC(OC(C)(C)C)C1. The van der Waals surface area contributed by atoms with Crippen LogP contribution in [0.3, 0.4) is 0 Å². The molecule has 1 unspecified atom stereocenters. The fourth-order valence-corrected chi connectivity index (χ4v) is 3.47. The van der Waals surface area contributed by atoms with E-state index in [0.29, 0.717) is 12.1 Å². The molecule has 1 aliphatic carbocycles. The van der Waals surface area contributed by atoms with E-state index in [1.165, 1.54) is 0 Å². The summed E-state index contributed by atoms with van der Waals surface area (Å²) in [6, 6.07) is 7.52. The summed E-state index contributed by atoms with van der Waals surface area (Å²) in [5.41, 5.74) is 0.990. The van der Waals surface area contributed by atoms with Crippen LogP contribution in [0.15, 0.2) is 29.2 Å². The van der Waals surface area contributed by atoms with Gasteiger partial charge in [0.2, 0.25) is 10.0 Å². The summed E-state index contributed by atoms with van der Waals surface area (Å²) in [7, 11) is -1.52. The van der Waals surface area contributed by atoms with E-state index in [-0.39, 0.29) is 16.5 Å². The zero-order valence-corrected chi connectivity index (χ0v) is 15.4. The average Bonchev–Trinajstić information content (AvgIpc) is 2.39. The Morgan fingerprint density at radius 3 is 2.17 bits per heavy atom. The van der Waals surface area contributed by atoms with Gasteiger partial charge < -0.3 is 4.74 Å². The van der Waals surface area contributed by atoms with Gasteiger partial charge in [0.1, 0.15) is 0 Å². The lowest BCUT2D eigenvalue weighted by Crippen LogP contribution is -2.49. The molecular formula is C17H28N2O3S. The van der Waals surface area contributed by atoms with Gasteiger partial charge in [-0.05, 0) is 65.3 Å². The zero-order valence-electron chi connectivity index (χ0n) is 14.6. The normalized spacial score (nSPS) is 23.6. The highest BCUT2D eigenvalue weighted by Crippen LogP contribution is 2.34. The summed E-state index contributed by atoms with van der Waals surface area (Å²) in [5.74, 6) is 0. The molecule has 0 amide bonds. The van der Waals surface area contributed by atoms with E-state index >= 15 is 0 Å². The van der Waals surface area contributed by atoms with Crippen LogP contribution in [0, 0.1) is 0 Å². The standard InChI is InChI=1S/C17H28N2O3S/c1-12(13-6-8-16(9-7-13)23(18,20)21)19(5)14-10-15(11-14)22-17(2,3)4/h6-9,12,14-15H,10-11H2,1-5H3,(H2,18,20,21). The highest BCUT2D eigenvalue weighted by Gasteiger charge is 2.36. The van der Waals surface area contributed by atoms with Crippen LogP contribution < -0.4 is 5.14 Å². The second-order valence-electron chi connectivity index (χ2n) is 7.43. The Balaban J connectivity index is 1.95. The lowest BCUT2D eigenvalue weighted by atomic mass is 9.86. The van der Waals surface area contributed by atoms with Crippen molar-refractivity contribution < 1.29 is 13.2 Å². The maximum Gasteiger partial charge on any atom is 0.238 e. The van der Waals surface area contributed by atoms with Crippen LogP contribution in [0.5, 0.6) is 0 Å². The molecule has 0 saturated heterocycles. The topological polar surface area (TPSA) is 72.6 Å². The number of ether oxygens (including phenoxy) is 1. The van der Waals surface area contributed by atoms with Crippen LogP contribution in [-0.2, 0) is 14.8 Å². The molecule has 1 atom stereocenters. The van der Waals surface area contributed by atoms with E-state index in [1.54, 1.807) is 12.1 Å². The minimum Gasteiger partial charge on any atom is -0.373 e. The molecule has 130 valence electrons. The monoisotopic (exact) mass is 340 g/mol. The lowest BCUT2D eigenvalue weighted by Gasteiger charge is -2.45. The Bertz CT molecular complexity index is 629. The number of hydrogen-bond acceptors (Lipinski definition) is 4. The van der Waals surface area contributed by atoms with Crippen molar-refractivity contribution in [1.29, 1.82) is 0 Å². The molecule has 0 heterocycles. The van der Waals surface area contributed by atoms with Crippen LogP contribution in [-0.4, -0.2) is 38.1 Å². The maximum atomic E-state index is 11.3. The Hall–Kier alpha value is -0.950. The third kappa shape index (κ3) is 4.76. The second kappa shape index (κ2) is 6.51. The molecule has 1 aliphatic rings. The first-order chi connectivity index (χ1) is 10.5. The molecule has 23 heavy (non-hydrogen) atoms. The molecule has 0 bridgehead atoms. The smallest absolute Gasteiger partial charge is 0.238 e. The number of hydrogen-bond donors (Lipinski definition) is 1. The highest BCUT2D eigenvalue weighted by atomic mass is 32.2. The maximum absolute atomic E-state index is 11.3. The molecule has 0 aliphatic heterocycles. The first-order valence-electron chi connectivity index (χ1n) is 8.00. The van der Waals surface area contributed by atoms with Crippen molar-refractivity contribution in [3.63, 3.8) is 0 Å². The first kappa shape index (κ1) is 18.4. The first-order valence-corrected chi connectivity index (χ1v) is 9.54. The average molecular weight is 340 g/mol. The summed E-state index contributed by atoms with van der Waals surface area (Å²) < 4.78 is 28.6. The van der Waals surface area contributed by atoms with Gasteiger partial charge in [-0.15, -0.1) is 0 Å². The predicted molar refractivity (Wildman–Crippen MR) is 91.6 cm³/mol. The van der Waals surface area contributed by atoms with Crippen molar-refractivity contribution in [2.75, 3.05) is 7.05 Å². The summed E-state index contributed by atoms with van der Waals surface area (Å²) in [5, 5.41) is 5.14. The Labute approximate surface area is 139 Å². The van der Waals surface area contributed by atoms with Gasteiger partial charge in [-0.2, -0.15) is 0 Å². The van der Waals surface area contributed by atoms with Crippen LogP contribution in [0.4, 0.5) is 0 Å². The summed E-state index contributed by atoms with van der Waals surface area (Å²) >= 11 is 0. The van der Waals surface area contributed by atoms with Crippen molar-refractivity contribution in [1.82, 2.24) is 4.90 Å². The molecule has 2 N–H and O–H groups in total. The van der Waals surface area contributed by atoms with Crippen LogP contribution in [0.1, 0.15) is 52.1 Å². The van der Waals surface area contributed by atoms with Crippen LogP contribution in [0.2, 0.25) is 0 Å². The van der Waals surface area contributed by atoms with E-state index in [0.717, 1.165) is 18.4 Å². The van der Waals surface area contributed by atoms with Crippen molar-refractivity contribution in [3.05, 3.63) is 29.8 Å². The number of rotatable bonds is 5.